The molecule has 0 bridgehead atoms. The molecule has 1 aliphatic rings. The van der Waals surface area contributed by atoms with E-state index in [4.69, 9.17) is 5.73 Å². The van der Waals surface area contributed by atoms with E-state index in [1.165, 1.54) is 0 Å². The van der Waals surface area contributed by atoms with Crippen LogP contribution in [0.4, 0.5) is 5.69 Å². The zero-order valence-corrected chi connectivity index (χ0v) is 9.84. The Bertz CT molecular complexity index is 624. The Morgan fingerprint density at radius 2 is 1.89 bits per heavy atom. The molecule has 1 aliphatic heterocycles. The first kappa shape index (κ1) is 11.0. The number of nitrogens with zero attached hydrogens (tertiary/aromatic N) is 1. The van der Waals surface area contributed by atoms with Crippen LogP contribution in [0.3, 0.4) is 0 Å². The van der Waals surface area contributed by atoms with Gasteiger partial charge in [0.2, 0.25) is 5.91 Å². The molecule has 0 saturated carbocycles. The molecule has 2 aromatic carbocycles. The number of fused-ring (bicyclic) bond motifs is 1. The number of carbonyl (C=O) groups excluding carboxylic acids is 1. The normalized spacial score (nSPS) is 19.7. The van der Waals surface area contributed by atoms with Crippen LogP contribution >= 0.6 is 0 Å². The van der Waals surface area contributed by atoms with Crippen molar-refractivity contribution in [2.45, 2.75) is 12.5 Å². The van der Waals surface area contributed by atoms with Crippen LogP contribution in [0.25, 0.3) is 10.8 Å². The highest BCUT2D eigenvalue weighted by atomic mass is 16.3. The fourth-order valence-electron chi connectivity index (χ4n) is 2.48. The second-order valence-electron chi connectivity index (χ2n) is 4.62. The number of phenolic OH excluding ortho intramolecular Hbond substituents is 1. The number of benzene rings is 2. The molecule has 3 N–H and O–H groups in total. The van der Waals surface area contributed by atoms with E-state index >= 15 is 0 Å². The lowest BCUT2D eigenvalue weighted by molar-refractivity contribution is -0.117. The standard InChI is InChI=1S/C14H14N2O2/c15-9-7-14(18)16(8-9)12-5-1-4-11-10(12)3-2-6-13(11)17/h1-6,9,17H,7-8,15H2. The Labute approximate surface area is 105 Å². The van der Waals surface area contributed by atoms with Crippen LogP contribution in [-0.4, -0.2) is 23.6 Å². The van der Waals surface area contributed by atoms with Gasteiger partial charge in [-0.2, -0.15) is 0 Å². The Kier molecular flexibility index (Phi) is 2.45. The number of phenols is 1. The molecule has 0 aromatic heterocycles. The van der Waals surface area contributed by atoms with Gasteiger partial charge in [-0.15, -0.1) is 0 Å². The maximum absolute atomic E-state index is 11.9. The first-order chi connectivity index (χ1) is 8.66. The molecule has 0 spiro atoms. The largest absolute Gasteiger partial charge is 0.507 e. The SMILES string of the molecule is NC1CC(=O)N(c2cccc3c(O)cccc23)C1. The molecule has 92 valence electrons. The van der Waals surface area contributed by atoms with E-state index in [1.54, 1.807) is 17.0 Å². The van der Waals surface area contributed by atoms with E-state index in [1.807, 2.05) is 24.3 Å². The van der Waals surface area contributed by atoms with Crippen molar-refractivity contribution in [1.29, 1.82) is 0 Å². The lowest BCUT2D eigenvalue weighted by atomic mass is 10.1. The van der Waals surface area contributed by atoms with Crippen molar-refractivity contribution >= 4 is 22.4 Å². The van der Waals surface area contributed by atoms with Gasteiger partial charge >= 0.3 is 0 Å². The second-order valence-corrected chi connectivity index (χ2v) is 4.62. The van der Waals surface area contributed by atoms with Crippen LogP contribution in [0.5, 0.6) is 5.75 Å². The Morgan fingerprint density at radius 3 is 2.61 bits per heavy atom. The second kappa shape index (κ2) is 3.99. The van der Waals surface area contributed by atoms with Crippen molar-refractivity contribution in [3.8, 4) is 5.75 Å². The molecular formula is C14H14N2O2. The number of aromatic hydroxyl groups is 1. The molecule has 1 saturated heterocycles. The lowest BCUT2D eigenvalue weighted by Crippen LogP contribution is -2.28. The summed E-state index contributed by atoms with van der Waals surface area (Å²) in [6.07, 6.45) is 0.384. The number of nitrogens with two attached hydrogens (primary N) is 1. The molecule has 2 aromatic rings. The molecule has 4 nitrogen and oxygen atoms in total. The van der Waals surface area contributed by atoms with Gasteiger partial charge in [0.1, 0.15) is 5.75 Å². The Balaban J connectivity index is 2.18. The predicted octanol–water partition coefficient (Wildman–Crippen LogP) is 1.61. The van der Waals surface area contributed by atoms with Crippen molar-refractivity contribution < 1.29 is 9.90 Å². The summed E-state index contributed by atoms with van der Waals surface area (Å²) in [7, 11) is 0. The highest BCUT2D eigenvalue weighted by molar-refractivity contribution is 6.06. The van der Waals surface area contributed by atoms with Gasteiger partial charge in [0.05, 0.1) is 5.69 Å². The van der Waals surface area contributed by atoms with Gasteiger partial charge in [0.25, 0.3) is 0 Å². The van der Waals surface area contributed by atoms with Crippen LogP contribution in [0.2, 0.25) is 0 Å². The van der Waals surface area contributed by atoms with Gasteiger partial charge in [-0.05, 0) is 12.1 Å². The third kappa shape index (κ3) is 1.62. The van der Waals surface area contributed by atoms with Crippen molar-refractivity contribution in [3.63, 3.8) is 0 Å². The van der Waals surface area contributed by atoms with Gasteiger partial charge in [-0.3, -0.25) is 4.79 Å². The van der Waals surface area contributed by atoms with Crippen LogP contribution < -0.4 is 10.6 Å². The fraction of sp³-hybridized carbons (Fsp3) is 0.214. The van der Waals surface area contributed by atoms with E-state index in [0.29, 0.717) is 13.0 Å². The molecule has 1 amide bonds. The number of hydrogen-bond donors (Lipinski definition) is 2. The summed E-state index contributed by atoms with van der Waals surface area (Å²) in [5.41, 5.74) is 6.64. The molecular weight excluding hydrogens is 228 g/mol. The van der Waals surface area contributed by atoms with Crippen molar-refractivity contribution in [2.24, 2.45) is 5.73 Å². The molecule has 1 unspecified atom stereocenters. The van der Waals surface area contributed by atoms with Gasteiger partial charge in [-0.1, -0.05) is 24.3 Å². The average Bonchev–Trinajstić information content (AvgIpc) is 2.68. The van der Waals surface area contributed by atoms with E-state index in [9.17, 15) is 9.90 Å². The maximum Gasteiger partial charge on any atom is 0.228 e. The Hall–Kier alpha value is -2.07. The van der Waals surface area contributed by atoms with E-state index < -0.39 is 0 Å². The van der Waals surface area contributed by atoms with Gasteiger partial charge in [0.15, 0.2) is 0 Å². The summed E-state index contributed by atoms with van der Waals surface area (Å²) in [6.45, 7) is 0.535. The number of anilines is 1. The quantitative estimate of drug-likeness (QED) is 0.798. The van der Waals surface area contributed by atoms with Crippen molar-refractivity contribution in [1.82, 2.24) is 0 Å². The predicted molar refractivity (Wildman–Crippen MR) is 70.6 cm³/mol. The molecule has 0 radical (unpaired) electrons. The van der Waals surface area contributed by atoms with E-state index in [-0.39, 0.29) is 17.7 Å². The Morgan fingerprint density at radius 1 is 1.17 bits per heavy atom. The highest BCUT2D eigenvalue weighted by Crippen LogP contribution is 2.33. The summed E-state index contributed by atoms with van der Waals surface area (Å²) in [5.74, 6) is 0.267. The summed E-state index contributed by atoms with van der Waals surface area (Å²) in [5, 5.41) is 11.5. The zero-order chi connectivity index (χ0) is 12.7. The lowest BCUT2D eigenvalue weighted by Gasteiger charge is -2.18. The van der Waals surface area contributed by atoms with Gasteiger partial charge in [0, 0.05) is 29.8 Å². The van der Waals surface area contributed by atoms with Crippen LogP contribution in [-0.2, 0) is 4.79 Å². The summed E-state index contributed by atoms with van der Waals surface area (Å²) in [6, 6.07) is 10.8. The number of amides is 1. The topological polar surface area (TPSA) is 66.6 Å². The number of carbonyl (C=O) groups is 1. The van der Waals surface area contributed by atoms with E-state index in [0.717, 1.165) is 16.5 Å². The van der Waals surface area contributed by atoms with Crippen LogP contribution in [0, 0.1) is 0 Å². The molecule has 1 atom stereocenters. The average molecular weight is 242 g/mol. The molecule has 3 rings (SSSR count). The number of rotatable bonds is 1. The maximum atomic E-state index is 11.9. The highest BCUT2D eigenvalue weighted by Gasteiger charge is 2.29. The minimum atomic E-state index is -0.106. The first-order valence-electron chi connectivity index (χ1n) is 5.93. The first-order valence-corrected chi connectivity index (χ1v) is 5.93. The van der Waals surface area contributed by atoms with Crippen molar-refractivity contribution in [2.75, 3.05) is 11.4 Å². The third-order valence-electron chi connectivity index (χ3n) is 3.32. The molecule has 1 heterocycles. The molecule has 4 heteroatoms. The summed E-state index contributed by atoms with van der Waals surface area (Å²) >= 11 is 0. The molecule has 0 aliphatic carbocycles. The third-order valence-corrected chi connectivity index (χ3v) is 3.32. The zero-order valence-electron chi connectivity index (χ0n) is 9.84. The summed E-state index contributed by atoms with van der Waals surface area (Å²) in [4.78, 5) is 13.6. The van der Waals surface area contributed by atoms with E-state index in [2.05, 4.69) is 0 Å². The molecule has 1 fully saturated rings. The van der Waals surface area contributed by atoms with Crippen molar-refractivity contribution in [3.05, 3.63) is 36.4 Å². The van der Waals surface area contributed by atoms with Crippen LogP contribution in [0.15, 0.2) is 36.4 Å². The molecule has 18 heavy (non-hydrogen) atoms. The number of hydrogen-bond acceptors (Lipinski definition) is 3. The summed E-state index contributed by atoms with van der Waals surface area (Å²) < 4.78 is 0. The van der Waals surface area contributed by atoms with Gasteiger partial charge in [-0.25, -0.2) is 0 Å². The monoisotopic (exact) mass is 242 g/mol. The minimum absolute atomic E-state index is 0.0401. The van der Waals surface area contributed by atoms with Crippen LogP contribution in [0.1, 0.15) is 6.42 Å². The smallest absolute Gasteiger partial charge is 0.228 e. The minimum Gasteiger partial charge on any atom is -0.507 e. The van der Waals surface area contributed by atoms with Gasteiger partial charge < -0.3 is 15.7 Å². The fourth-order valence-corrected chi connectivity index (χ4v) is 2.48.